The zero-order valence-electron chi connectivity index (χ0n) is 12.7. The summed E-state index contributed by atoms with van der Waals surface area (Å²) >= 11 is 12.0. The van der Waals surface area contributed by atoms with Crippen molar-refractivity contribution in [2.45, 2.75) is 32.1 Å². The zero-order chi connectivity index (χ0) is 15.5. The molecule has 5 heteroatoms. The van der Waals surface area contributed by atoms with Crippen LogP contribution in [0.3, 0.4) is 0 Å². The SMILES string of the molecule is O=C(C[NH+]1CC[C@@H]2CCCC[C@@H]2C1)Nc1ccc(Cl)cc1Cl. The number of benzene rings is 1. The maximum atomic E-state index is 12.3. The van der Waals surface area contributed by atoms with Gasteiger partial charge in [-0.15, -0.1) is 0 Å². The van der Waals surface area contributed by atoms with Gasteiger partial charge in [0.2, 0.25) is 0 Å². The second-order valence-corrected chi connectivity index (χ2v) is 7.49. The molecule has 2 N–H and O–H groups in total. The summed E-state index contributed by atoms with van der Waals surface area (Å²) in [7, 11) is 0. The lowest BCUT2D eigenvalue weighted by atomic mass is 9.75. The number of piperidine rings is 1. The van der Waals surface area contributed by atoms with E-state index < -0.39 is 0 Å². The Morgan fingerprint density at radius 2 is 1.95 bits per heavy atom. The van der Waals surface area contributed by atoms with Crippen LogP contribution in [0.25, 0.3) is 0 Å². The van der Waals surface area contributed by atoms with Gasteiger partial charge in [-0.3, -0.25) is 4.79 Å². The van der Waals surface area contributed by atoms with Crippen molar-refractivity contribution < 1.29 is 9.69 Å². The van der Waals surface area contributed by atoms with E-state index in [0.29, 0.717) is 22.3 Å². The first-order chi connectivity index (χ1) is 10.6. The minimum atomic E-state index is 0.0356. The van der Waals surface area contributed by atoms with E-state index in [4.69, 9.17) is 23.2 Å². The molecule has 1 aromatic carbocycles. The predicted octanol–water partition coefficient (Wildman–Crippen LogP) is 3.03. The van der Waals surface area contributed by atoms with E-state index in [2.05, 4.69) is 5.32 Å². The minimum Gasteiger partial charge on any atom is -0.327 e. The number of amides is 1. The average Bonchev–Trinajstić information content (AvgIpc) is 2.50. The number of carbonyl (C=O) groups is 1. The maximum Gasteiger partial charge on any atom is 0.279 e. The van der Waals surface area contributed by atoms with E-state index >= 15 is 0 Å². The number of quaternary nitrogens is 1. The third-order valence-corrected chi connectivity index (χ3v) is 5.65. The van der Waals surface area contributed by atoms with Gasteiger partial charge in [-0.2, -0.15) is 0 Å². The second-order valence-electron chi connectivity index (χ2n) is 6.65. The molecule has 1 saturated carbocycles. The number of carbonyl (C=O) groups excluding carboxylic acids is 1. The van der Waals surface area contributed by atoms with Crippen molar-refractivity contribution in [3.05, 3.63) is 28.2 Å². The fourth-order valence-corrected chi connectivity index (χ4v) is 4.42. The predicted molar refractivity (Wildman–Crippen MR) is 90.7 cm³/mol. The highest BCUT2D eigenvalue weighted by Crippen LogP contribution is 2.32. The quantitative estimate of drug-likeness (QED) is 0.870. The van der Waals surface area contributed by atoms with Gasteiger partial charge in [0.1, 0.15) is 0 Å². The summed E-state index contributed by atoms with van der Waals surface area (Å²) in [5.41, 5.74) is 0.642. The van der Waals surface area contributed by atoms with Gasteiger partial charge in [0, 0.05) is 10.9 Å². The summed E-state index contributed by atoms with van der Waals surface area (Å²) in [5.74, 6) is 1.77. The van der Waals surface area contributed by atoms with Gasteiger partial charge in [-0.05, 0) is 43.4 Å². The van der Waals surface area contributed by atoms with E-state index in [9.17, 15) is 4.79 Å². The number of likely N-dealkylation sites (tertiary alicyclic amines) is 1. The lowest BCUT2D eigenvalue weighted by Gasteiger charge is -2.38. The normalized spacial score (nSPS) is 28.0. The lowest BCUT2D eigenvalue weighted by Crippen LogP contribution is -3.15. The third kappa shape index (κ3) is 3.95. The summed E-state index contributed by atoms with van der Waals surface area (Å²) in [6.07, 6.45) is 6.77. The van der Waals surface area contributed by atoms with Crippen molar-refractivity contribution >= 4 is 34.8 Å². The molecule has 1 saturated heterocycles. The Hall–Kier alpha value is -0.770. The highest BCUT2D eigenvalue weighted by Gasteiger charge is 2.34. The molecule has 2 fully saturated rings. The molecule has 1 aromatic rings. The van der Waals surface area contributed by atoms with E-state index in [-0.39, 0.29) is 5.91 Å². The Morgan fingerprint density at radius 1 is 1.18 bits per heavy atom. The number of rotatable bonds is 3. The van der Waals surface area contributed by atoms with Gasteiger partial charge < -0.3 is 10.2 Å². The Morgan fingerprint density at radius 3 is 2.73 bits per heavy atom. The Labute approximate surface area is 142 Å². The molecular weight excluding hydrogens is 319 g/mol. The molecule has 3 nitrogen and oxygen atoms in total. The fourth-order valence-electron chi connectivity index (χ4n) is 3.97. The summed E-state index contributed by atoms with van der Waals surface area (Å²) in [6.45, 7) is 2.79. The van der Waals surface area contributed by atoms with Gasteiger partial charge in [0.25, 0.3) is 5.91 Å². The lowest BCUT2D eigenvalue weighted by molar-refractivity contribution is -0.902. The maximum absolute atomic E-state index is 12.3. The molecule has 0 bridgehead atoms. The van der Waals surface area contributed by atoms with Crippen LogP contribution in [0.5, 0.6) is 0 Å². The van der Waals surface area contributed by atoms with Crippen molar-refractivity contribution in [2.75, 3.05) is 25.0 Å². The molecule has 120 valence electrons. The first kappa shape index (κ1) is 16.1. The van der Waals surface area contributed by atoms with Gasteiger partial charge in [0.15, 0.2) is 6.54 Å². The fraction of sp³-hybridized carbons (Fsp3) is 0.588. The topological polar surface area (TPSA) is 33.5 Å². The second kappa shape index (κ2) is 7.20. The first-order valence-corrected chi connectivity index (χ1v) is 8.96. The molecule has 0 radical (unpaired) electrons. The summed E-state index contributed by atoms with van der Waals surface area (Å²) in [6, 6.07) is 5.15. The molecule has 1 amide bonds. The largest absolute Gasteiger partial charge is 0.327 e. The van der Waals surface area contributed by atoms with Crippen LogP contribution in [-0.2, 0) is 4.79 Å². The molecule has 1 heterocycles. The molecule has 2 aliphatic rings. The van der Waals surface area contributed by atoms with Gasteiger partial charge in [-0.1, -0.05) is 36.0 Å². The Bertz CT molecular complexity index is 549. The van der Waals surface area contributed by atoms with E-state index in [1.807, 2.05) is 0 Å². The molecule has 1 unspecified atom stereocenters. The molecule has 0 spiro atoms. The monoisotopic (exact) mass is 341 g/mol. The summed E-state index contributed by atoms with van der Waals surface area (Å²) < 4.78 is 0. The third-order valence-electron chi connectivity index (χ3n) is 5.10. The van der Waals surface area contributed by atoms with Crippen LogP contribution in [0.2, 0.25) is 10.0 Å². The number of nitrogens with one attached hydrogen (secondary N) is 2. The zero-order valence-corrected chi connectivity index (χ0v) is 14.2. The standard InChI is InChI=1S/C17H22Cl2N2O/c18-14-5-6-16(15(19)9-14)20-17(22)11-21-8-7-12-3-1-2-4-13(12)10-21/h5-6,9,12-13H,1-4,7-8,10-11H2,(H,20,22)/p+1/t12-,13+/m0/s1. The summed E-state index contributed by atoms with van der Waals surface area (Å²) in [4.78, 5) is 13.7. The van der Waals surface area contributed by atoms with Gasteiger partial charge >= 0.3 is 0 Å². The van der Waals surface area contributed by atoms with Crippen LogP contribution in [0.15, 0.2) is 18.2 Å². The number of hydrogen-bond donors (Lipinski definition) is 2. The molecule has 0 aromatic heterocycles. The van der Waals surface area contributed by atoms with Crippen molar-refractivity contribution in [3.8, 4) is 0 Å². The van der Waals surface area contributed by atoms with Gasteiger partial charge in [-0.25, -0.2) is 0 Å². The van der Waals surface area contributed by atoms with E-state index in [1.54, 1.807) is 18.2 Å². The molecule has 1 aliphatic heterocycles. The van der Waals surface area contributed by atoms with Crippen molar-refractivity contribution in [1.29, 1.82) is 0 Å². The Balaban J connectivity index is 1.53. The van der Waals surface area contributed by atoms with Crippen molar-refractivity contribution in [3.63, 3.8) is 0 Å². The van der Waals surface area contributed by atoms with Crippen LogP contribution in [0.4, 0.5) is 5.69 Å². The smallest absolute Gasteiger partial charge is 0.279 e. The highest BCUT2D eigenvalue weighted by atomic mass is 35.5. The van der Waals surface area contributed by atoms with Crippen LogP contribution < -0.4 is 10.2 Å². The number of halogens is 2. The molecule has 3 atom stereocenters. The van der Waals surface area contributed by atoms with Gasteiger partial charge in [0.05, 0.1) is 23.8 Å². The summed E-state index contributed by atoms with van der Waals surface area (Å²) in [5, 5.41) is 3.97. The molecule has 1 aliphatic carbocycles. The van der Waals surface area contributed by atoms with E-state index in [0.717, 1.165) is 24.9 Å². The Kier molecular flexibility index (Phi) is 5.27. The van der Waals surface area contributed by atoms with Crippen LogP contribution in [-0.4, -0.2) is 25.5 Å². The van der Waals surface area contributed by atoms with Crippen LogP contribution >= 0.6 is 23.2 Å². The van der Waals surface area contributed by atoms with Crippen molar-refractivity contribution in [1.82, 2.24) is 0 Å². The number of hydrogen-bond acceptors (Lipinski definition) is 1. The number of anilines is 1. The number of fused-ring (bicyclic) bond motifs is 1. The highest BCUT2D eigenvalue weighted by molar-refractivity contribution is 6.36. The average molecular weight is 342 g/mol. The van der Waals surface area contributed by atoms with Crippen molar-refractivity contribution in [2.24, 2.45) is 11.8 Å². The molecule has 22 heavy (non-hydrogen) atoms. The molecule has 3 rings (SSSR count). The minimum absolute atomic E-state index is 0.0356. The first-order valence-electron chi connectivity index (χ1n) is 8.20. The molecular formula is C17H23Cl2N2O+. The van der Waals surface area contributed by atoms with Crippen LogP contribution in [0, 0.1) is 11.8 Å². The van der Waals surface area contributed by atoms with Crippen LogP contribution in [0.1, 0.15) is 32.1 Å². The van der Waals surface area contributed by atoms with E-state index in [1.165, 1.54) is 37.0 Å².